The number of amides is 1. The molecule has 1 aliphatic carbocycles. The Morgan fingerprint density at radius 3 is 2.89 bits per heavy atom. The van der Waals surface area contributed by atoms with E-state index < -0.39 is 0 Å². The highest BCUT2D eigenvalue weighted by Gasteiger charge is 2.13. The van der Waals surface area contributed by atoms with Crippen LogP contribution < -0.4 is 10.6 Å². The van der Waals surface area contributed by atoms with Crippen molar-refractivity contribution in [2.45, 2.75) is 19.3 Å². The van der Waals surface area contributed by atoms with Crippen molar-refractivity contribution in [3.8, 4) is 0 Å². The molecular weight excluding hydrogens is 228 g/mol. The van der Waals surface area contributed by atoms with Gasteiger partial charge in [0.1, 0.15) is 0 Å². The second-order valence-electron chi connectivity index (χ2n) is 4.32. The highest BCUT2D eigenvalue weighted by Crippen LogP contribution is 2.19. The van der Waals surface area contributed by atoms with Gasteiger partial charge in [0.25, 0.3) is 0 Å². The molecule has 1 aliphatic rings. The van der Waals surface area contributed by atoms with Crippen molar-refractivity contribution in [1.82, 2.24) is 15.3 Å². The fourth-order valence-electron chi connectivity index (χ4n) is 1.94. The van der Waals surface area contributed by atoms with Crippen LogP contribution in [0.15, 0.2) is 30.6 Å². The average molecular weight is 246 g/mol. The molecule has 0 bridgehead atoms. The molecule has 96 valence electrons. The number of nitrogens with one attached hydrogen (secondary N) is 2. The van der Waals surface area contributed by atoms with Crippen LogP contribution >= 0.6 is 0 Å². The maximum atomic E-state index is 11.6. The summed E-state index contributed by atoms with van der Waals surface area (Å²) in [5.41, 5.74) is 0. The zero-order chi connectivity index (χ0) is 12.6. The lowest BCUT2D eigenvalue weighted by Crippen LogP contribution is -2.30. The van der Waals surface area contributed by atoms with Crippen LogP contribution in [-0.2, 0) is 4.79 Å². The number of anilines is 1. The third-order valence-corrected chi connectivity index (χ3v) is 2.86. The van der Waals surface area contributed by atoms with Crippen molar-refractivity contribution < 1.29 is 4.79 Å². The number of nitrogens with zero attached hydrogens (tertiary/aromatic N) is 2. The summed E-state index contributed by atoms with van der Waals surface area (Å²) < 4.78 is 0. The number of hydrogen-bond donors (Lipinski definition) is 2. The van der Waals surface area contributed by atoms with Gasteiger partial charge in [0.2, 0.25) is 11.9 Å². The van der Waals surface area contributed by atoms with Crippen molar-refractivity contribution >= 4 is 11.9 Å². The van der Waals surface area contributed by atoms with Gasteiger partial charge in [-0.25, -0.2) is 9.97 Å². The highest BCUT2D eigenvalue weighted by molar-refractivity contribution is 5.76. The molecule has 0 spiro atoms. The number of carbonyl (C=O) groups excluding carboxylic acids is 1. The third-order valence-electron chi connectivity index (χ3n) is 2.86. The first-order chi connectivity index (χ1) is 8.84. The van der Waals surface area contributed by atoms with Crippen molar-refractivity contribution in [2.75, 3.05) is 18.4 Å². The molecule has 0 saturated heterocycles. The number of carbonyl (C=O) groups is 1. The summed E-state index contributed by atoms with van der Waals surface area (Å²) in [6.07, 6.45) is 10.4. The number of hydrogen-bond acceptors (Lipinski definition) is 4. The summed E-state index contributed by atoms with van der Waals surface area (Å²) in [5, 5.41) is 5.93. The molecule has 2 rings (SSSR count). The van der Waals surface area contributed by atoms with Crippen LogP contribution in [0, 0.1) is 5.92 Å². The topological polar surface area (TPSA) is 66.9 Å². The molecule has 5 nitrogen and oxygen atoms in total. The minimum atomic E-state index is 0.113. The number of rotatable bonds is 6. The first-order valence-corrected chi connectivity index (χ1v) is 6.29. The first-order valence-electron chi connectivity index (χ1n) is 6.29. The Morgan fingerprint density at radius 1 is 1.33 bits per heavy atom. The van der Waals surface area contributed by atoms with E-state index in [1.165, 1.54) is 0 Å². The minimum Gasteiger partial charge on any atom is -0.354 e. The largest absolute Gasteiger partial charge is 0.354 e. The molecule has 0 unspecified atom stereocenters. The molecule has 0 radical (unpaired) electrons. The molecule has 2 N–H and O–H groups in total. The monoisotopic (exact) mass is 246 g/mol. The van der Waals surface area contributed by atoms with E-state index in [0.29, 0.717) is 31.4 Å². The number of aromatic nitrogens is 2. The minimum absolute atomic E-state index is 0.113. The number of allylic oxidation sites excluding steroid dienone is 2. The standard InChI is InChI=1S/C13H18N4O/c18-12(10-11-4-1-2-5-11)14-8-9-17-13-15-6-3-7-16-13/h1,3-4,6-7,11H,2,5,8-10H2,(H,14,18)(H,15,16,17)/t11-/m0/s1. The van der Waals surface area contributed by atoms with Gasteiger partial charge in [0.05, 0.1) is 0 Å². The maximum absolute atomic E-state index is 11.6. The summed E-state index contributed by atoms with van der Waals surface area (Å²) in [7, 11) is 0. The van der Waals surface area contributed by atoms with Gasteiger partial charge in [-0.1, -0.05) is 12.2 Å². The second kappa shape index (κ2) is 6.74. The SMILES string of the molecule is O=C(C[C@H]1C=CCC1)NCCNc1ncccn1. The summed E-state index contributed by atoms with van der Waals surface area (Å²) in [6.45, 7) is 1.23. The molecule has 0 aromatic carbocycles. The van der Waals surface area contributed by atoms with E-state index in [0.717, 1.165) is 12.8 Å². The normalized spacial score (nSPS) is 17.7. The Hall–Kier alpha value is -1.91. The zero-order valence-electron chi connectivity index (χ0n) is 10.3. The molecule has 1 amide bonds. The summed E-state index contributed by atoms with van der Waals surface area (Å²) in [6, 6.07) is 1.77. The molecule has 1 atom stereocenters. The molecule has 0 fully saturated rings. The zero-order valence-corrected chi connectivity index (χ0v) is 10.3. The maximum Gasteiger partial charge on any atom is 0.222 e. The van der Waals surface area contributed by atoms with Crippen LogP contribution in [0.2, 0.25) is 0 Å². The van der Waals surface area contributed by atoms with Gasteiger partial charge in [-0.15, -0.1) is 0 Å². The second-order valence-corrected chi connectivity index (χ2v) is 4.32. The van der Waals surface area contributed by atoms with Gasteiger partial charge < -0.3 is 10.6 Å². The van der Waals surface area contributed by atoms with E-state index in [1.807, 2.05) is 0 Å². The Morgan fingerprint density at radius 2 is 2.17 bits per heavy atom. The summed E-state index contributed by atoms with van der Waals surface area (Å²) in [4.78, 5) is 19.7. The quantitative estimate of drug-likeness (QED) is 0.587. The van der Waals surface area contributed by atoms with Crippen molar-refractivity contribution in [1.29, 1.82) is 0 Å². The molecule has 0 aliphatic heterocycles. The van der Waals surface area contributed by atoms with Crippen molar-refractivity contribution in [2.24, 2.45) is 5.92 Å². The van der Waals surface area contributed by atoms with E-state index in [1.54, 1.807) is 18.5 Å². The van der Waals surface area contributed by atoms with E-state index >= 15 is 0 Å². The van der Waals surface area contributed by atoms with Gasteiger partial charge in [-0.2, -0.15) is 0 Å². The van der Waals surface area contributed by atoms with Gasteiger partial charge in [-0.3, -0.25) is 4.79 Å². The lowest BCUT2D eigenvalue weighted by Gasteiger charge is -2.09. The van der Waals surface area contributed by atoms with Crippen LogP contribution in [0.5, 0.6) is 0 Å². The third kappa shape index (κ3) is 4.16. The summed E-state index contributed by atoms with van der Waals surface area (Å²) in [5.74, 6) is 1.13. The highest BCUT2D eigenvalue weighted by atomic mass is 16.1. The predicted octanol–water partition coefficient (Wildman–Crippen LogP) is 1.36. The molecule has 1 heterocycles. The molecule has 18 heavy (non-hydrogen) atoms. The Bertz CT molecular complexity index is 405. The average Bonchev–Trinajstić information content (AvgIpc) is 2.89. The smallest absolute Gasteiger partial charge is 0.222 e. The van der Waals surface area contributed by atoms with Crippen LogP contribution in [0.3, 0.4) is 0 Å². The van der Waals surface area contributed by atoms with E-state index in [4.69, 9.17) is 0 Å². The molecule has 1 aromatic rings. The van der Waals surface area contributed by atoms with Gasteiger partial charge >= 0.3 is 0 Å². The van der Waals surface area contributed by atoms with Crippen LogP contribution in [0.1, 0.15) is 19.3 Å². The van der Waals surface area contributed by atoms with Crippen molar-refractivity contribution in [3.05, 3.63) is 30.6 Å². The Labute approximate surface area is 107 Å². The lowest BCUT2D eigenvalue weighted by atomic mass is 10.1. The molecule has 1 aromatic heterocycles. The fourth-order valence-corrected chi connectivity index (χ4v) is 1.94. The van der Waals surface area contributed by atoms with Gasteiger partial charge in [0, 0.05) is 31.9 Å². The Balaban J connectivity index is 1.57. The first kappa shape index (κ1) is 12.5. The van der Waals surface area contributed by atoms with E-state index in [-0.39, 0.29) is 5.91 Å². The van der Waals surface area contributed by atoms with Gasteiger partial charge in [0.15, 0.2) is 0 Å². The molecule has 0 saturated carbocycles. The van der Waals surface area contributed by atoms with E-state index in [9.17, 15) is 4.79 Å². The van der Waals surface area contributed by atoms with E-state index in [2.05, 4.69) is 32.8 Å². The van der Waals surface area contributed by atoms with Crippen LogP contribution in [0.4, 0.5) is 5.95 Å². The molecule has 5 heteroatoms. The summed E-state index contributed by atoms with van der Waals surface area (Å²) >= 11 is 0. The van der Waals surface area contributed by atoms with Crippen LogP contribution in [-0.4, -0.2) is 29.0 Å². The Kier molecular flexibility index (Phi) is 4.69. The lowest BCUT2D eigenvalue weighted by molar-refractivity contribution is -0.121. The van der Waals surface area contributed by atoms with Crippen molar-refractivity contribution in [3.63, 3.8) is 0 Å². The molecular formula is C13H18N4O. The predicted molar refractivity (Wildman–Crippen MR) is 70.0 cm³/mol. The van der Waals surface area contributed by atoms with Crippen LogP contribution in [0.25, 0.3) is 0 Å². The fraction of sp³-hybridized carbons (Fsp3) is 0.462. The van der Waals surface area contributed by atoms with Gasteiger partial charge in [-0.05, 0) is 24.8 Å².